The van der Waals surface area contributed by atoms with Crippen molar-refractivity contribution in [2.24, 2.45) is 0 Å². The third-order valence-corrected chi connectivity index (χ3v) is 4.22. The first kappa shape index (κ1) is 16.4. The number of carbonyl (C=O) groups is 2. The first-order chi connectivity index (χ1) is 10.7. The molecule has 5 nitrogen and oxygen atoms in total. The third-order valence-electron chi connectivity index (χ3n) is 3.26. The first-order valence-corrected chi connectivity index (χ1v) is 8.38. The van der Waals surface area contributed by atoms with E-state index in [2.05, 4.69) is 6.07 Å². The average Bonchev–Trinajstić information content (AvgIpc) is 2.53. The van der Waals surface area contributed by atoms with Crippen molar-refractivity contribution >= 4 is 29.1 Å². The van der Waals surface area contributed by atoms with E-state index in [1.807, 2.05) is 6.92 Å². The van der Waals surface area contributed by atoms with Crippen LogP contribution in [0.1, 0.15) is 30.1 Å². The highest BCUT2D eigenvalue weighted by Gasteiger charge is 2.25. The molecular formula is C16H18N2O3S. The number of thioether (sulfide) groups is 1. The number of hydrogen-bond donors (Lipinski definition) is 0. The Morgan fingerprint density at radius 2 is 2.32 bits per heavy atom. The summed E-state index contributed by atoms with van der Waals surface area (Å²) in [6.45, 7) is 2.66. The highest BCUT2D eigenvalue weighted by atomic mass is 32.2. The van der Waals surface area contributed by atoms with E-state index in [-0.39, 0.29) is 18.3 Å². The van der Waals surface area contributed by atoms with Gasteiger partial charge >= 0.3 is 0 Å². The van der Waals surface area contributed by atoms with Gasteiger partial charge in [0.1, 0.15) is 5.75 Å². The number of benzene rings is 1. The van der Waals surface area contributed by atoms with Crippen LogP contribution in [0.2, 0.25) is 0 Å². The smallest absolute Gasteiger partial charge is 0.265 e. The summed E-state index contributed by atoms with van der Waals surface area (Å²) in [5.41, 5.74) is 1.24. The Balaban J connectivity index is 2.14. The molecule has 1 aromatic carbocycles. The maximum Gasteiger partial charge on any atom is 0.265 e. The van der Waals surface area contributed by atoms with Gasteiger partial charge in [-0.3, -0.25) is 9.59 Å². The van der Waals surface area contributed by atoms with E-state index >= 15 is 0 Å². The lowest BCUT2D eigenvalue weighted by atomic mass is 10.1. The minimum absolute atomic E-state index is 0.000195. The van der Waals surface area contributed by atoms with Crippen LogP contribution in [0.15, 0.2) is 18.2 Å². The molecule has 0 atom stereocenters. The zero-order valence-electron chi connectivity index (χ0n) is 12.5. The highest BCUT2D eigenvalue weighted by molar-refractivity contribution is 7.99. The normalized spacial score (nSPS) is 13.3. The molecule has 0 saturated carbocycles. The Bertz CT molecular complexity index is 610. The third kappa shape index (κ3) is 3.80. The zero-order valence-corrected chi connectivity index (χ0v) is 13.3. The molecule has 22 heavy (non-hydrogen) atoms. The molecule has 0 saturated heterocycles. The van der Waals surface area contributed by atoms with Gasteiger partial charge in [0.2, 0.25) is 0 Å². The van der Waals surface area contributed by atoms with Crippen LogP contribution in [0.5, 0.6) is 5.75 Å². The van der Waals surface area contributed by atoms with Gasteiger partial charge in [-0.2, -0.15) is 17.0 Å². The Hall–Kier alpha value is -2.00. The van der Waals surface area contributed by atoms with Crippen LogP contribution in [0, 0.1) is 11.3 Å². The van der Waals surface area contributed by atoms with Gasteiger partial charge in [-0.15, -0.1) is 0 Å². The molecule has 1 aliphatic heterocycles. The number of ketones is 1. The SMILES string of the molecule is CCCN1C(=O)COc2ccc(C(=O)CSCCC#N)cc21. The highest BCUT2D eigenvalue weighted by Crippen LogP contribution is 2.33. The lowest BCUT2D eigenvalue weighted by Gasteiger charge is -2.29. The summed E-state index contributed by atoms with van der Waals surface area (Å²) in [7, 11) is 0. The molecule has 1 amide bonds. The van der Waals surface area contributed by atoms with Crippen molar-refractivity contribution in [3.05, 3.63) is 23.8 Å². The lowest BCUT2D eigenvalue weighted by Crippen LogP contribution is -2.39. The Kier molecular flexibility index (Phi) is 5.84. The summed E-state index contributed by atoms with van der Waals surface area (Å²) < 4.78 is 5.42. The molecule has 0 bridgehead atoms. The van der Waals surface area contributed by atoms with E-state index in [0.717, 1.165) is 6.42 Å². The molecule has 0 aromatic heterocycles. The molecular weight excluding hydrogens is 300 g/mol. The van der Waals surface area contributed by atoms with Crippen molar-refractivity contribution < 1.29 is 14.3 Å². The topological polar surface area (TPSA) is 70.4 Å². The molecule has 0 fully saturated rings. The van der Waals surface area contributed by atoms with E-state index in [9.17, 15) is 9.59 Å². The van der Waals surface area contributed by atoms with Crippen LogP contribution in [0.25, 0.3) is 0 Å². The summed E-state index contributed by atoms with van der Waals surface area (Å²) in [6.07, 6.45) is 1.28. The second kappa shape index (κ2) is 7.85. The minimum atomic E-state index is -0.0812. The van der Waals surface area contributed by atoms with Crippen LogP contribution in [-0.2, 0) is 4.79 Å². The number of carbonyl (C=O) groups excluding carboxylic acids is 2. The van der Waals surface area contributed by atoms with Crippen LogP contribution in [-0.4, -0.2) is 36.3 Å². The monoisotopic (exact) mass is 318 g/mol. The van der Waals surface area contributed by atoms with Gasteiger partial charge in [0.05, 0.1) is 17.5 Å². The summed E-state index contributed by atoms with van der Waals surface area (Å²) in [6, 6.07) is 7.26. The predicted octanol–water partition coefficient (Wildman–Crippen LogP) is 2.65. The van der Waals surface area contributed by atoms with Gasteiger partial charge in [-0.1, -0.05) is 6.92 Å². The quantitative estimate of drug-likeness (QED) is 0.571. The molecule has 0 radical (unpaired) electrons. The maximum atomic E-state index is 12.2. The molecule has 1 aliphatic rings. The average molecular weight is 318 g/mol. The van der Waals surface area contributed by atoms with E-state index < -0.39 is 0 Å². The summed E-state index contributed by atoms with van der Waals surface area (Å²) in [5.74, 6) is 1.55. The Morgan fingerprint density at radius 1 is 1.50 bits per heavy atom. The van der Waals surface area contributed by atoms with Gasteiger partial charge in [0.25, 0.3) is 5.91 Å². The predicted molar refractivity (Wildman–Crippen MR) is 86.5 cm³/mol. The number of Topliss-reactive ketones (excluding diaryl/α,β-unsaturated/α-hetero) is 1. The molecule has 0 spiro atoms. The van der Waals surface area contributed by atoms with Crippen molar-refractivity contribution in [2.45, 2.75) is 19.8 Å². The van der Waals surface area contributed by atoms with E-state index in [4.69, 9.17) is 10.00 Å². The van der Waals surface area contributed by atoms with Gasteiger partial charge in [0.15, 0.2) is 12.4 Å². The molecule has 6 heteroatoms. The number of ether oxygens (including phenoxy) is 1. The van der Waals surface area contributed by atoms with Gasteiger partial charge < -0.3 is 9.64 Å². The van der Waals surface area contributed by atoms with Crippen LogP contribution >= 0.6 is 11.8 Å². The minimum Gasteiger partial charge on any atom is -0.482 e. The number of amides is 1. The van der Waals surface area contributed by atoms with Crippen molar-refractivity contribution in [2.75, 3.05) is 29.6 Å². The number of fused-ring (bicyclic) bond motifs is 1. The Labute approximate surface area is 134 Å². The van der Waals surface area contributed by atoms with Crippen LogP contribution < -0.4 is 9.64 Å². The summed E-state index contributed by atoms with van der Waals surface area (Å²) in [4.78, 5) is 25.8. The summed E-state index contributed by atoms with van der Waals surface area (Å²) >= 11 is 1.45. The first-order valence-electron chi connectivity index (χ1n) is 7.22. The van der Waals surface area contributed by atoms with E-state index in [0.29, 0.717) is 41.5 Å². The van der Waals surface area contributed by atoms with Gasteiger partial charge in [-0.25, -0.2) is 0 Å². The number of hydrogen-bond acceptors (Lipinski definition) is 5. The molecule has 2 rings (SSSR count). The lowest BCUT2D eigenvalue weighted by molar-refractivity contribution is -0.121. The fraction of sp³-hybridized carbons (Fsp3) is 0.438. The zero-order chi connectivity index (χ0) is 15.9. The molecule has 116 valence electrons. The number of nitrogens with zero attached hydrogens (tertiary/aromatic N) is 2. The van der Waals surface area contributed by atoms with E-state index in [1.165, 1.54) is 11.8 Å². The van der Waals surface area contributed by atoms with Crippen LogP contribution in [0.3, 0.4) is 0 Å². The molecule has 1 heterocycles. The fourth-order valence-corrected chi connectivity index (χ4v) is 2.94. The number of anilines is 1. The number of nitriles is 1. The van der Waals surface area contributed by atoms with Gasteiger partial charge in [0, 0.05) is 24.3 Å². The second-order valence-corrected chi connectivity index (χ2v) is 6.01. The summed E-state index contributed by atoms with van der Waals surface area (Å²) in [5, 5.41) is 8.49. The van der Waals surface area contributed by atoms with Crippen LogP contribution in [0.4, 0.5) is 5.69 Å². The van der Waals surface area contributed by atoms with E-state index in [1.54, 1.807) is 23.1 Å². The fourth-order valence-electron chi connectivity index (χ4n) is 2.21. The maximum absolute atomic E-state index is 12.2. The molecule has 0 aliphatic carbocycles. The second-order valence-electron chi connectivity index (χ2n) is 4.90. The number of rotatable bonds is 7. The standard InChI is InChI=1S/C16H18N2O3S/c1-2-7-18-13-9-12(14(19)11-22-8-3-6-17)4-5-15(13)21-10-16(18)20/h4-5,9H,2-3,7-8,10-11H2,1H3. The van der Waals surface area contributed by atoms with Crippen molar-refractivity contribution in [3.8, 4) is 11.8 Å². The molecule has 1 aromatic rings. The Morgan fingerprint density at radius 3 is 3.05 bits per heavy atom. The molecule has 0 unspecified atom stereocenters. The molecule has 0 N–H and O–H groups in total. The van der Waals surface area contributed by atoms with Crippen molar-refractivity contribution in [1.82, 2.24) is 0 Å². The van der Waals surface area contributed by atoms with Gasteiger partial charge in [-0.05, 0) is 24.6 Å². The van der Waals surface area contributed by atoms with Crippen molar-refractivity contribution in [3.63, 3.8) is 0 Å². The van der Waals surface area contributed by atoms with Crippen molar-refractivity contribution in [1.29, 1.82) is 5.26 Å². The largest absolute Gasteiger partial charge is 0.482 e.